The van der Waals surface area contributed by atoms with E-state index in [1.165, 1.54) is 4.90 Å². The molecule has 4 rings (SSSR count). The molecular formula is C17H18N4O3. The van der Waals surface area contributed by atoms with Gasteiger partial charge >= 0.3 is 0 Å². The number of likely N-dealkylation sites (tertiary alicyclic amines) is 1. The van der Waals surface area contributed by atoms with E-state index in [4.69, 9.17) is 10.3 Å². The summed E-state index contributed by atoms with van der Waals surface area (Å²) in [6.07, 6.45) is 3.46. The van der Waals surface area contributed by atoms with Gasteiger partial charge < -0.3 is 10.3 Å². The van der Waals surface area contributed by atoms with Crippen molar-refractivity contribution >= 4 is 11.8 Å². The standard InChI is InChI=1S/C17H18N4O3/c18-17(8-1-9-17)16-19-15(24-20-16)12-4-2-11(3-5-12)10-21-13(22)6-7-14(21)23/h2-5H,1,6-10,18H2. The van der Waals surface area contributed by atoms with Gasteiger partial charge in [-0.15, -0.1) is 0 Å². The Morgan fingerprint density at radius 2 is 1.79 bits per heavy atom. The summed E-state index contributed by atoms with van der Waals surface area (Å²) in [6, 6.07) is 7.42. The summed E-state index contributed by atoms with van der Waals surface area (Å²) in [6.45, 7) is 0.305. The summed E-state index contributed by atoms with van der Waals surface area (Å²) in [4.78, 5) is 29.0. The molecule has 2 fully saturated rings. The number of imide groups is 1. The van der Waals surface area contributed by atoms with Crippen LogP contribution in [0, 0.1) is 0 Å². The summed E-state index contributed by atoms with van der Waals surface area (Å²) < 4.78 is 5.32. The second-order valence-electron chi connectivity index (χ2n) is 6.50. The van der Waals surface area contributed by atoms with Gasteiger partial charge in [0.25, 0.3) is 5.89 Å². The van der Waals surface area contributed by atoms with Crippen molar-refractivity contribution in [1.82, 2.24) is 15.0 Å². The lowest BCUT2D eigenvalue weighted by Gasteiger charge is -2.34. The van der Waals surface area contributed by atoms with Crippen LogP contribution >= 0.6 is 0 Å². The Labute approximate surface area is 138 Å². The van der Waals surface area contributed by atoms with E-state index in [2.05, 4.69) is 10.1 Å². The summed E-state index contributed by atoms with van der Waals surface area (Å²) >= 11 is 0. The molecule has 0 bridgehead atoms. The van der Waals surface area contributed by atoms with Crippen LogP contribution in [0.3, 0.4) is 0 Å². The molecule has 0 unspecified atom stereocenters. The molecule has 7 nitrogen and oxygen atoms in total. The van der Waals surface area contributed by atoms with Crippen LogP contribution in [0.5, 0.6) is 0 Å². The monoisotopic (exact) mass is 326 g/mol. The second kappa shape index (κ2) is 5.52. The Hall–Kier alpha value is -2.54. The lowest BCUT2D eigenvalue weighted by molar-refractivity contribution is -0.139. The van der Waals surface area contributed by atoms with E-state index in [0.717, 1.165) is 30.4 Å². The molecule has 0 spiro atoms. The van der Waals surface area contributed by atoms with Crippen LogP contribution in [0.4, 0.5) is 0 Å². The lowest BCUT2D eigenvalue weighted by Crippen LogP contribution is -2.44. The van der Waals surface area contributed by atoms with Gasteiger partial charge in [-0.3, -0.25) is 14.5 Å². The molecule has 1 saturated heterocycles. The fourth-order valence-corrected chi connectivity index (χ4v) is 3.06. The Kier molecular flexibility index (Phi) is 3.45. The Morgan fingerprint density at radius 3 is 2.38 bits per heavy atom. The van der Waals surface area contributed by atoms with Crippen molar-refractivity contribution in [3.63, 3.8) is 0 Å². The molecule has 7 heteroatoms. The third-order valence-electron chi connectivity index (χ3n) is 4.81. The van der Waals surface area contributed by atoms with Crippen molar-refractivity contribution in [2.24, 2.45) is 5.73 Å². The van der Waals surface area contributed by atoms with Crippen LogP contribution in [0.15, 0.2) is 28.8 Å². The van der Waals surface area contributed by atoms with Crippen molar-refractivity contribution in [3.8, 4) is 11.5 Å². The minimum atomic E-state index is -0.446. The number of carbonyl (C=O) groups excluding carboxylic acids is 2. The van der Waals surface area contributed by atoms with Gasteiger partial charge in [0.15, 0.2) is 5.82 Å². The molecule has 0 radical (unpaired) electrons. The second-order valence-corrected chi connectivity index (χ2v) is 6.50. The zero-order valence-corrected chi connectivity index (χ0v) is 13.2. The van der Waals surface area contributed by atoms with Gasteiger partial charge in [-0.25, -0.2) is 0 Å². The van der Waals surface area contributed by atoms with Gasteiger partial charge in [0, 0.05) is 18.4 Å². The maximum atomic E-state index is 11.7. The third kappa shape index (κ3) is 2.50. The molecule has 1 aromatic heterocycles. The SMILES string of the molecule is NC1(c2noc(-c3ccc(CN4C(=O)CCC4=O)cc3)n2)CCC1. The van der Waals surface area contributed by atoms with Crippen LogP contribution < -0.4 is 5.73 Å². The van der Waals surface area contributed by atoms with Crippen LogP contribution in [-0.2, 0) is 21.7 Å². The smallest absolute Gasteiger partial charge is 0.257 e. The first-order valence-corrected chi connectivity index (χ1v) is 8.11. The zero-order chi connectivity index (χ0) is 16.7. The van der Waals surface area contributed by atoms with Crippen LogP contribution in [-0.4, -0.2) is 26.9 Å². The Morgan fingerprint density at radius 1 is 1.12 bits per heavy atom. The summed E-state index contributed by atoms with van der Waals surface area (Å²) in [5.41, 5.74) is 7.43. The first-order valence-electron chi connectivity index (χ1n) is 8.11. The van der Waals surface area contributed by atoms with E-state index in [1.807, 2.05) is 24.3 Å². The van der Waals surface area contributed by atoms with Gasteiger partial charge in [-0.05, 0) is 37.0 Å². The fraction of sp³-hybridized carbons (Fsp3) is 0.412. The van der Waals surface area contributed by atoms with Crippen molar-refractivity contribution < 1.29 is 14.1 Å². The summed E-state index contributed by atoms with van der Waals surface area (Å²) in [5.74, 6) is 0.765. The van der Waals surface area contributed by atoms with Gasteiger partial charge in [0.1, 0.15) is 0 Å². The molecule has 1 aromatic carbocycles. The van der Waals surface area contributed by atoms with E-state index in [-0.39, 0.29) is 11.8 Å². The average Bonchev–Trinajstić information content (AvgIpc) is 3.16. The van der Waals surface area contributed by atoms with E-state index in [1.54, 1.807) is 0 Å². The molecule has 1 aliphatic carbocycles. The van der Waals surface area contributed by atoms with Crippen molar-refractivity contribution in [1.29, 1.82) is 0 Å². The number of aromatic nitrogens is 2. The number of carbonyl (C=O) groups is 2. The van der Waals surface area contributed by atoms with Crippen molar-refractivity contribution in [2.75, 3.05) is 0 Å². The van der Waals surface area contributed by atoms with E-state index >= 15 is 0 Å². The number of nitrogens with two attached hydrogens (primary N) is 1. The van der Waals surface area contributed by atoms with Crippen molar-refractivity contribution in [2.45, 2.75) is 44.2 Å². The van der Waals surface area contributed by atoms with Crippen LogP contribution in [0.2, 0.25) is 0 Å². The predicted octanol–water partition coefficient (Wildman–Crippen LogP) is 1.72. The molecule has 2 N–H and O–H groups in total. The molecule has 2 amide bonds. The summed E-state index contributed by atoms with van der Waals surface area (Å²) in [7, 11) is 0. The predicted molar refractivity (Wildman–Crippen MR) is 84.2 cm³/mol. The molecule has 2 aliphatic rings. The van der Waals surface area contributed by atoms with Gasteiger partial charge in [-0.1, -0.05) is 17.3 Å². The van der Waals surface area contributed by atoms with Crippen LogP contribution in [0.1, 0.15) is 43.5 Å². The molecule has 1 saturated carbocycles. The maximum absolute atomic E-state index is 11.7. The highest BCUT2D eigenvalue weighted by Gasteiger charge is 2.39. The van der Waals surface area contributed by atoms with E-state index < -0.39 is 5.54 Å². The third-order valence-corrected chi connectivity index (χ3v) is 4.81. The summed E-state index contributed by atoms with van der Waals surface area (Å²) in [5, 5.41) is 4.00. The zero-order valence-electron chi connectivity index (χ0n) is 13.2. The molecule has 0 atom stereocenters. The molecule has 2 aromatic rings. The molecule has 2 heterocycles. The number of hydrogen-bond donors (Lipinski definition) is 1. The minimum absolute atomic E-state index is 0.112. The van der Waals surface area contributed by atoms with Gasteiger partial charge in [0.05, 0.1) is 12.1 Å². The topological polar surface area (TPSA) is 102 Å². The van der Waals surface area contributed by atoms with Crippen LogP contribution in [0.25, 0.3) is 11.5 Å². The highest BCUT2D eigenvalue weighted by Crippen LogP contribution is 2.37. The number of amides is 2. The first-order chi connectivity index (χ1) is 11.5. The fourth-order valence-electron chi connectivity index (χ4n) is 3.06. The molecule has 24 heavy (non-hydrogen) atoms. The quantitative estimate of drug-likeness (QED) is 0.858. The normalized spacial score (nSPS) is 19.6. The minimum Gasteiger partial charge on any atom is -0.334 e. The van der Waals surface area contributed by atoms with Gasteiger partial charge in [0.2, 0.25) is 11.8 Å². The average molecular weight is 326 g/mol. The van der Waals surface area contributed by atoms with Crippen molar-refractivity contribution in [3.05, 3.63) is 35.7 Å². The Bertz CT molecular complexity index is 776. The number of hydrogen-bond acceptors (Lipinski definition) is 6. The molecule has 1 aliphatic heterocycles. The number of benzene rings is 1. The highest BCUT2D eigenvalue weighted by molar-refractivity contribution is 6.01. The molecular weight excluding hydrogens is 308 g/mol. The van der Waals surface area contributed by atoms with E-state index in [0.29, 0.717) is 31.1 Å². The van der Waals surface area contributed by atoms with Gasteiger partial charge in [-0.2, -0.15) is 4.98 Å². The lowest BCUT2D eigenvalue weighted by atomic mass is 9.77. The number of rotatable bonds is 4. The molecule has 124 valence electrons. The maximum Gasteiger partial charge on any atom is 0.257 e. The van der Waals surface area contributed by atoms with E-state index in [9.17, 15) is 9.59 Å². The largest absolute Gasteiger partial charge is 0.334 e. The first kappa shape index (κ1) is 15.0. The number of nitrogens with zero attached hydrogens (tertiary/aromatic N) is 3. The highest BCUT2D eigenvalue weighted by atomic mass is 16.5. The Balaban J connectivity index is 1.50.